The van der Waals surface area contributed by atoms with Gasteiger partial charge in [-0.15, -0.1) is 5.06 Å². The van der Waals surface area contributed by atoms with Gasteiger partial charge in [-0.2, -0.15) is 4.99 Å². The quantitative estimate of drug-likeness (QED) is 0.713. The molecule has 0 bridgehead atoms. The Hall–Kier alpha value is -2.78. The van der Waals surface area contributed by atoms with E-state index in [1.165, 1.54) is 18.2 Å². The molecule has 120 valence electrons. The SMILES string of the molecule is NC1=N\OC(=O)/C=C\C(=O)ON(c2ccc(Cl)c(Cl)c2)\C(N)=N\1. The van der Waals surface area contributed by atoms with Crippen molar-refractivity contribution >= 4 is 52.7 Å². The summed E-state index contributed by atoms with van der Waals surface area (Å²) in [5.74, 6) is -2.69. The van der Waals surface area contributed by atoms with Crippen molar-refractivity contribution in [3.05, 3.63) is 40.4 Å². The van der Waals surface area contributed by atoms with E-state index >= 15 is 0 Å². The summed E-state index contributed by atoms with van der Waals surface area (Å²) in [5, 5.41) is 4.55. The number of oxime groups is 1. The van der Waals surface area contributed by atoms with Crippen LogP contribution in [0.5, 0.6) is 0 Å². The van der Waals surface area contributed by atoms with Gasteiger partial charge in [-0.25, -0.2) is 9.59 Å². The van der Waals surface area contributed by atoms with Crippen molar-refractivity contribution in [2.45, 2.75) is 0 Å². The summed E-state index contributed by atoms with van der Waals surface area (Å²) >= 11 is 11.7. The molecule has 11 heteroatoms. The Morgan fingerprint density at radius 2 is 1.74 bits per heavy atom. The molecule has 9 nitrogen and oxygen atoms in total. The maximum Gasteiger partial charge on any atom is 0.359 e. The number of hydroxylamine groups is 1. The molecule has 4 N–H and O–H groups in total. The molecule has 0 saturated heterocycles. The lowest BCUT2D eigenvalue weighted by atomic mass is 10.3. The van der Waals surface area contributed by atoms with Gasteiger partial charge >= 0.3 is 11.9 Å². The third-order valence-electron chi connectivity index (χ3n) is 2.34. The molecule has 0 unspecified atom stereocenters. The highest BCUT2D eigenvalue weighted by Gasteiger charge is 2.18. The summed E-state index contributed by atoms with van der Waals surface area (Å²) in [6, 6.07) is 4.32. The number of carbonyl (C=O) groups is 2. The van der Waals surface area contributed by atoms with Gasteiger partial charge < -0.3 is 21.1 Å². The van der Waals surface area contributed by atoms with Gasteiger partial charge in [0.2, 0.25) is 5.96 Å². The molecule has 1 aliphatic heterocycles. The van der Waals surface area contributed by atoms with Crippen LogP contribution >= 0.6 is 23.2 Å². The highest BCUT2D eigenvalue weighted by atomic mass is 35.5. The number of nitrogens with two attached hydrogens (primary N) is 2. The monoisotopic (exact) mass is 357 g/mol. The number of benzene rings is 1. The Morgan fingerprint density at radius 1 is 1.04 bits per heavy atom. The van der Waals surface area contributed by atoms with Gasteiger partial charge in [0.1, 0.15) is 0 Å². The molecular formula is C12H9Cl2N5O4. The minimum Gasteiger partial charge on any atom is -0.367 e. The lowest BCUT2D eigenvalue weighted by Gasteiger charge is -2.21. The van der Waals surface area contributed by atoms with Gasteiger partial charge in [0.05, 0.1) is 15.7 Å². The number of hydrogen-bond donors (Lipinski definition) is 2. The molecule has 1 aliphatic rings. The number of hydrogen-bond acceptors (Lipinski definition) is 9. The van der Waals surface area contributed by atoms with Crippen LogP contribution in [0.3, 0.4) is 0 Å². The Labute approximate surface area is 139 Å². The maximum absolute atomic E-state index is 11.7. The Bertz CT molecular complexity index is 747. The summed E-state index contributed by atoms with van der Waals surface area (Å²) in [6.45, 7) is 0. The van der Waals surface area contributed by atoms with Crippen LogP contribution in [0.1, 0.15) is 0 Å². The van der Waals surface area contributed by atoms with Crippen molar-refractivity contribution in [3.63, 3.8) is 0 Å². The molecule has 1 aromatic carbocycles. The standard InChI is InChI=1S/C12H9Cl2N5O4/c13-7-2-1-6(5-8(7)14)19-12(16)17-11(15)18-22-9(20)3-4-10(21)23-19/h1-5H,(H4,15,16,17,18)/b4-3-. The molecular weight excluding hydrogens is 349 g/mol. The van der Waals surface area contributed by atoms with Crippen LogP contribution in [-0.2, 0) is 19.3 Å². The number of carbonyl (C=O) groups excluding carboxylic acids is 2. The molecule has 0 fully saturated rings. The fourth-order valence-electron chi connectivity index (χ4n) is 1.40. The second-order valence-electron chi connectivity index (χ2n) is 3.97. The van der Waals surface area contributed by atoms with Crippen LogP contribution in [0.15, 0.2) is 40.5 Å². The van der Waals surface area contributed by atoms with E-state index in [4.69, 9.17) is 39.5 Å². The zero-order chi connectivity index (χ0) is 17.0. The molecule has 0 saturated carbocycles. The van der Waals surface area contributed by atoms with E-state index in [1.807, 2.05) is 0 Å². The van der Waals surface area contributed by atoms with Gasteiger partial charge in [-0.1, -0.05) is 23.2 Å². The highest BCUT2D eigenvalue weighted by molar-refractivity contribution is 6.42. The van der Waals surface area contributed by atoms with Crippen molar-refractivity contribution in [1.82, 2.24) is 0 Å². The maximum atomic E-state index is 11.7. The van der Waals surface area contributed by atoms with E-state index in [0.717, 1.165) is 17.2 Å². The molecule has 0 atom stereocenters. The minimum atomic E-state index is -0.943. The predicted molar refractivity (Wildman–Crippen MR) is 83.5 cm³/mol. The van der Waals surface area contributed by atoms with Gasteiger partial charge in [-0.3, -0.25) is 0 Å². The van der Waals surface area contributed by atoms with Gasteiger partial charge in [0.25, 0.3) is 5.96 Å². The Kier molecular flexibility index (Phi) is 5.04. The van der Waals surface area contributed by atoms with Crippen LogP contribution in [-0.4, -0.2) is 23.9 Å². The van der Waals surface area contributed by atoms with E-state index in [0.29, 0.717) is 0 Å². The topological polar surface area (TPSA) is 133 Å². The highest BCUT2D eigenvalue weighted by Crippen LogP contribution is 2.27. The van der Waals surface area contributed by atoms with Crippen LogP contribution in [0.2, 0.25) is 10.0 Å². The molecule has 2 rings (SSSR count). The van der Waals surface area contributed by atoms with E-state index in [1.54, 1.807) is 0 Å². The van der Waals surface area contributed by atoms with Gasteiger partial charge in [-0.05, 0) is 23.4 Å². The summed E-state index contributed by atoms with van der Waals surface area (Å²) < 4.78 is 0. The number of guanidine groups is 2. The first-order valence-electron chi connectivity index (χ1n) is 5.90. The predicted octanol–water partition coefficient (Wildman–Crippen LogP) is 0.915. The van der Waals surface area contributed by atoms with E-state index < -0.39 is 17.9 Å². The van der Waals surface area contributed by atoms with Crippen molar-refractivity contribution < 1.29 is 19.3 Å². The normalized spacial score (nSPS) is 21.9. The van der Waals surface area contributed by atoms with Crippen LogP contribution in [0.4, 0.5) is 5.69 Å². The Balaban J connectivity index is 2.46. The van der Waals surface area contributed by atoms with Crippen molar-refractivity contribution in [2.75, 3.05) is 5.06 Å². The third kappa shape index (κ3) is 4.34. The second kappa shape index (κ2) is 6.99. The number of rotatable bonds is 1. The molecule has 0 spiro atoms. The van der Waals surface area contributed by atoms with Crippen LogP contribution in [0, 0.1) is 0 Å². The van der Waals surface area contributed by atoms with Crippen LogP contribution in [0.25, 0.3) is 0 Å². The molecule has 0 radical (unpaired) electrons. The fraction of sp³-hybridized carbons (Fsp3) is 0. The number of halogens is 2. The average Bonchev–Trinajstić information content (AvgIpc) is 2.52. The molecule has 0 aromatic heterocycles. The zero-order valence-electron chi connectivity index (χ0n) is 11.3. The lowest BCUT2D eigenvalue weighted by Crippen LogP contribution is -2.40. The second-order valence-corrected chi connectivity index (χ2v) is 4.78. The molecule has 1 aromatic rings. The molecule has 0 aliphatic carbocycles. The number of nitrogens with zero attached hydrogens (tertiary/aromatic N) is 3. The van der Waals surface area contributed by atoms with E-state index in [2.05, 4.69) is 15.0 Å². The first-order chi connectivity index (χ1) is 10.9. The zero-order valence-corrected chi connectivity index (χ0v) is 12.8. The largest absolute Gasteiger partial charge is 0.367 e. The minimum absolute atomic E-state index is 0.193. The van der Waals surface area contributed by atoms with E-state index in [-0.39, 0.29) is 21.7 Å². The first kappa shape index (κ1) is 16.6. The smallest absolute Gasteiger partial charge is 0.359 e. The summed E-state index contributed by atoms with van der Waals surface area (Å²) in [5.41, 5.74) is 11.4. The first-order valence-corrected chi connectivity index (χ1v) is 6.66. The van der Waals surface area contributed by atoms with Crippen LogP contribution < -0.4 is 16.5 Å². The Morgan fingerprint density at radius 3 is 2.43 bits per heavy atom. The van der Waals surface area contributed by atoms with Gasteiger partial charge in [0.15, 0.2) is 0 Å². The number of anilines is 1. The number of aliphatic imine (C=N–C) groups is 1. The molecule has 0 amide bonds. The van der Waals surface area contributed by atoms with Gasteiger partial charge in [0, 0.05) is 12.2 Å². The summed E-state index contributed by atoms with van der Waals surface area (Å²) in [6.07, 6.45) is 1.62. The third-order valence-corrected chi connectivity index (χ3v) is 3.08. The molecule has 1 heterocycles. The summed E-state index contributed by atoms with van der Waals surface area (Å²) in [4.78, 5) is 36.0. The fourth-order valence-corrected chi connectivity index (χ4v) is 1.70. The van der Waals surface area contributed by atoms with E-state index in [9.17, 15) is 9.59 Å². The average molecular weight is 358 g/mol. The lowest BCUT2D eigenvalue weighted by molar-refractivity contribution is -0.140. The van der Waals surface area contributed by atoms with Crippen molar-refractivity contribution in [2.24, 2.45) is 21.6 Å². The van der Waals surface area contributed by atoms with Crippen molar-refractivity contribution in [1.29, 1.82) is 0 Å². The van der Waals surface area contributed by atoms with Crippen molar-refractivity contribution in [3.8, 4) is 0 Å². The summed E-state index contributed by atoms with van der Waals surface area (Å²) in [7, 11) is 0. The molecule has 23 heavy (non-hydrogen) atoms.